The molecular weight excluding hydrogens is 288 g/mol. The zero-order chi connectivity index (χ0) is 14.8. The average Bonchev–Trinajstić information content (AvgIpc) is 2.49. The van der Waals surface area contributed by atoms with Crippen LogP contribution < -0.4 is 10.9 Å². The third-order valence-corrected chi connectivity index (χ3v) is 4.28. The normalized spacial score (nSPS) is 16.7. The summed E-state index contributed by atoms with van der Waals surface area (Å²) in [6.07, 6.45) is 2.26. The lowest BCUT2D eigenvalue weighted by Crippen LogP contribution is -2.41. The second-order valence-corrected chi connectivity index (χ2v) is 6.01. The van der Waals surface area contributed by atoms with E-state index < -0.39 is 0 Å². The van der Waals surface area contributed by atoms with Gasteiger partial charge in [-0.05, 0) is 51.2 Å². The molecule has 0 bridgehead atoms. The van der Waals surface area contributed by atoms with Crippen molar-refractivity contribution in [2.45, 2.75) is 25.4 Å². The van der Waals surface area contributed by atoms with E-state index in [4.69, 9.17) is 11.6 Å². The lowest BCUT2D eigenvalue weighted by Gasteiger charge is -2.31. The van der Waals surface area contributed by atoms with Crippen molar-refractivity contribution in [2.75, 3.05) is 20.1 Å². The molecule has 6 heteroatoms. The van der Waals surface area contributed by atoms with Crippen LogP contribution >= 0.6 is 11.6 Å². The molecule has 0 amide bonds. The largest absolute Gasteiger partial charge is 0.317 e. The van der Waals surface area contributed by atoms with Crippen molar-refractivity contribution in [1.82, 2.24) is 20.2 Å². The first-order valence-electron chi connectivity index (χ1n) is 7.23. The zero-order valence-electron chi connectivity index (χ0n) is 12.0. The molecule has 2 heterocycles. The number of halogens is 1. The Labute approximate surface area is 128 Å². The van der Waals surface area contributed by atoms with Crippen LogP contribution in [0.25, 0.3) is 10.9 Å². The smallest absolute Gasteiger partial charge is 0.258 e. The van der Waals surface area contributed by atoms with Crippen molar-refractivity contribution in [3.8, 4) is 0 Å². The Morgan fingerprint density at radius 1 is 1.38 bits per heavy atom. The number of H-pyrrole nitrogens is 1. The molecule has 0 saturated carbocycles. The number of aromatic nitrogens is 2. The predicted octanol–water partition coefficient (Wildman–Crippen LogP) is 1.76. The van der Waals surface area contributed by atoms with Crippen LogP contribution in [-0.2, 0) is 6.54 Å². The maximum atomic E-state index is 12.1. The van der Waals surface area contributed by atoms with Crippen LogP contribution in [0.5, 0.6) is 0 Å². The summed E-state index contributed by atoms with van der Waals surface area (Å²) in [5.74, 6) is 0.704. The van der Waals surface area contributed by atoms with Crippen LogP contribution in [0.4, 0.5) is 0 Å². The second-order valence-electron chi connectivity index (χ2n) is 5.57. The van der Waals surface area contributed by atoms with Crippen LogP contribution in [-0.4, -0.2) is 41.0 Å². The van der Waals surface area contributed by atoms with E-state index in [1.165, 1.54) is 0 Å². The van der Waals surface area contributed by atoms with Crippen molar-refractivity contribution >= 4 is 22.5 Å². The van der Waals surface area contributed by atoms with Gasteiger partial charge in [0.25, 0.3) is 5.56 Å². The van der Waals surface area contributed by atoms with Gasteiger partial charge in [0.05, 0.1) is 17.4 Å². The van der Waals surface area contributed by atoms with E-state index in [1.54, 1.807) is 18.2 Å². The Kier molecular flexibility index (Phi) is 4.24. The zero-order valence-corrected chi connectivity index (χ0v) is 12.8. The van der Waals surface area contributed by atoms with E-state index in [0.29, 0.717) is 34.3 Å². The fourth-order valence-electron chi connectivity index (χ4n) is 2.85. The standard InChI is InChI=1S/C15H19ClN4O/c1-20(11-4-6-17-7-5-11)9-14-18-13-3-2-10(16)8-12(13)15(21)19-14/h2-3,8,11,17H,4-7,9H2,1H3,(H,18,19,21). The van der Waals surface area contributed by atoms with Crippen LogP contribution in [0.1, 0.15) is 18.7 Å². The summed E-state index contributed by atoms with van der Waals surface area (Å²) < 4.78 is 0. The Morgan fingerprint density at radius 2 is 2.14 bits per heavy atom. The molecule has 5 nitrogen and oxygen atoms in total. The monoisotopic (exact) mass is 306 g/mol. The molecule has 2 aromatic rings. The Bertz CT molecular complexity index is 694. The van der Waals surface area contributed by atoms with Crippen molar-refractivity contribution in [2.24, 2.45) is 0 Å². The number of nitrogens with one attached hydrogen (secondary N) is 2. The predicted molar refractivity (Wildman–Crippen MR) is 84.7 cm³/mol. The van der Waals surface area contributed by atoms with Gasteiger partial charge in [0.15, 0.2) is 0 Å². The van der Waals surface area contributed by atoms with Crippen molar-refractivity contribution in [3.05, 3.63) is 39.4 Å². The summed E-state index contributed by atoms with van der Waals surface area (Å²) in [7, 11) is 2.09. The molecule has 1 aliphatic heterocycles. The van der Waals surface area contributed by atoms with Gasteiger partial charge in [0, 0.05) is 11.1 Å². The van der Waals surface area contributed by atoms with E-state index in [9.17, 15) is 4.79 Å². The van der Waals surface area contributed by atoms with E-state index >= 15 is 0 Å². The van der Waals surface area contributed by atoms with Crippen LogP contribution in [0.3, 0.4) is 0 Å². The van der Waals surface area contributed by atoms with Gasteiger partial charge in [-0.3, -0.25) is 9.69 Å². The van der Waals surface area contributed by atoms with Gasteiger partial charge < -0.3 is 10.3 Å². The first kappa shape index (κ1) is 14.5. The molecule has 0 unspecified atom stereocenters. The minimum atomic E-state index is -0.129. The first-order valence-corrected chi connectivity index (χ1v) is 7.61. The molecule has 1 aromatic carbocycles. The molecular formula is C15H19ClN4O. The van der Waals surface area contributed by atoms with E-state index in [-0.39, 0.29) is 5.56 Å². The molecule has 1 aromatic heterocycles. The Morgan fingerprint density at radius 3 is 2.90 bits per heavy atom. The molecule has 0 atom stereocenters. The van der Waals surface area contributed by atoms with Crippen molar-refractivity contribution in [3.63, 3.8) is 0 Å². The summed E-state index contributed by atoms with van der Waals surface area (Å²) in [5.41, 5.74) is 0.563. The summed E-state index contributed by atoms with van der Waals surface area (Å²) in [6.45, 7) is 2.75. The van der Waals surface area contributed by atoms with Gasteiger partial charge in [-0.2, -0.15) is 0 Å². The summed E-state index contributed by atoms with van der Waals surface area (Å²) in [6, 6.07) is 5.75. The molecule has 0 aliphatic carbocycles. The number of fused-ring (bicyclic) bond motifs is 1. The van der Waals surface area contributed by atoms with Gasteiger partial charge in [0.2, 0.25) is 0 Å². The quantitative estimate of drug-likeness (QED) is 0.907. The highest BCUT2D eigenvalue weighted by atomic mass is 35.5. The van der Waals surface area contributed by atoms with E-state index in [1.807, 2.05) is 0 Å². The maximum Gasteiger partial charge on any atom is 0.258 e. The summed E-state index contributed by atoms with van der Waals surface area (Å²) >= 11 is 5.92. The highest BCUT2D eigenvalue weighted by Crippen LogP contribution is 2.16. The highest BCUT2D eigenvalue weighted by Gasteiger charge is 2.18. The number of aromatic amines is 1. The maximum absolute atomic E-state index is 12.1. The van der Waals surface area contributed by atoms with Crippen molar-refractivity contribution < 1.29 is 0 Å². The highest BCUT2D eigenvalue weighted by molar-refractivity contribution is 6.31. The molecule has 1 fully saturated rings. The van der Waals surface area contributed by atoms with Crippen LogP contribution in [0, 0.1) is 0 Å². The van der Waals surface area contributed by atoms with Gasteiger partial charge in [0.1, 0.15) is 5.82 Å². The SMILES string of the molecule is CN(Cc1nc2ccc(Cl)cc2c(=O)[nH]1)C1CCNCC1. The van der Waals surface area contributed by atoms with Gasteiger partial charge in [-0.15, -0.1) is 0 Å². The van der Waals surface area contributed by atoms with Crippen LogP contribution in [0.2, 0.25) is 5.02 Å². The minimum absolute atomic E-state index is 0.129. The molecule has 1 saturated heterocycles. The molecule has 112 valence electrons. The van der Waals surface area contributed by atoms with E-state index in [2.05, 4.69) is 27.2 Å². The van der Waals surface area contributed by atoms with Gasteiger partial charge in [-0.1, -0.05) is 11.6 Å². The average molecular weight is 307 g/mol. The van der Waals surface area contributed by atoms with Crippen LogP contribution in [0.15, 0.2) is 23.0 Å². The summed E-state index contributed by atoms with van der Waals surface area (Å²) in [5, 5.41) is 4.45. The minimum Gasteiger partial charge on any atom is -0.317 e. The molecule has 1 aliphatic rings. The third-order valence-electron chi connectivity index (χ3n) is 4.05. The summed E-state index contributed by atoms with van der Waals surface area (Å²) in [4.78, 5) is 21.8. The lowest BCUT2D eigenvalue weighted by atomic mass is 10.1. The Hall–Kier alpha value is -1.43. The number of hydrogen-bond donors (Lipinski definition) is 2. The molecule has 2 N–H and O–H groups in total. The lowest BCUT2D eigenvalue weighted by molar-refractivity contribution is 0.188. The third kappa shape index (κ3) is 3.26. The van der Waals surface area contributed by atoms with Gasteiger partial charge >= 0.3 is 0 Å². The van der Waals surface area contributed by atoms with Crippen molar-refractivity contribution in [1.29, 1.82) is 0 Å². The molecule has 0 radical (unpaired) electrons. The number of piperidine rings is 1. The first-order chi connectivity index (χ1) is 10.1. The topological polar surface area (TPSA) is 61.0 Å². The fraction of sp³-hybridized carbons (Fsp3) is 0.467. The van der Waals surface area contributed by atoms with E-state index in [0.717, 1.165) is 25.9 Å². The molecule has 3 rings (SSSR count). The number of nitrogens with zero attached hydrogens (tertiary/aromatic N) is 2. The molecule has 0 spiro atoms. The fourth-order valence-corrected chi connectivity index (χ4v) is 3.02. The number of benzene rings is 1. The van der Waals surface area contributed by atoms with Gasteiger partial charge in [-0.25, -0.2) is 4.98 Å². The number of hydrogen-bond acceptors (Lipinski definition) is 4. The second kappa shape index (κ2) is 6.13. The molecule has 21 heavy (non-hydrogen) atoms. The number of rotatable bonds is 3. The Balaban J connectivity index is 1.84.